The Morgan fingerprint density at radius 3 is 2.86 bits per heavy atom. The molecule has 0 bridgehead atoms. The maximum Gasteiger partial charge on any atom is 0.267 e. The number of nitrogens with zero attached hydrogens (tertiary/aromatic N) is 3. The fraction of sp³-hybridized carbons (Fsp3) is 0.357. The molecular formula is C14H15BrFN3OS. The number of hydrogen-bond donors (Lipinski definition) is 0. The second kappa shape index (κ2) is 7.09. The molecule has 1 aromatic carbocycles. The highest BCUT2D eigenvalue weighted by Gasteiger charge is 2.21. The number of rotatable bonds is 5. The van der Waals surface area contributed by atoms with Gasteiger partial charge in [-0.1, -0.05) is 27.3 Å². The molecule has 2 rings (SSSR count). The van der Waals surface area contributed by atoms with Crippen molar-refractivity contribution in [3.8, 4) is 0 Å². The van der Waals surface area contributed by atoms with Crippen molar-refractivity contribution in [2.24, 2.45) is 0 Å². The molecule has 1 aromatic heterocycles. The Hall–Kier alpha value is -1.34. The second-order valence-corrected chi connectivity index (χ2v) is 6.13. The maximum atomic E-state index is 13.8. The monoisotopic (exact) mass is 371 g/mol. The van der Waals surface area contributed by atoms with Crippen molar-refractivity contribution in [1.29, 1.82) is 0 Å². The van der Waals surface area contributed by atoms with Crippen LogP contribution in [0.25, 0.3) is 0 Å². The Bertz CT molecular complexity index is 647. The molecule has 0 aliphatic rings. The normalized spacial score (nSPS) is 10.7. The van der Waals surface area contributed by atoms with Gasteiger partial charge in [-0.25, -0.2) is 4.39 Å². The number of hydrogen-bond acceptors (Lipinski definition) is 4. The van der Waals surface area contributed by atoms with Crippen LogP contribution in [0, 0.1) is 5.82 Å². The second-order valence-electron chi connectivity index (χ2n) is 4.46. The lowest BCUT2D eigenvalue weighted by Crippen LogP contribution is -2.30. The van der Waals surface area contributed by atoms with Crippen LogP contribution in [0.2, 0.25) is 0 Å². The molecule has 1 heterocycles. The van der Waals surface area contributed by atoms with Crippen LogP contribution in [0.4, 0.5) is 4.39 Å². The van der Waals surface area contributed by atoms with Gasteiger partial charge in [0.1, 0.15) is 10.7 Å². The summed E-state index contributed by atoms with van der Waals surface area (Å²) in [5.41, 5.74) is 1.17. The predicted molar refractivity (Wildman–Crippen MR) is 83.8 cm³/mol. The maximum absolute atomic E-state index is 13.8. The molecule has 112 valence electrons. The third-order valence-corrected chi connectivity index (χ3v) is 4.37. The van der Waals surface area contributed by atoms with Gasteiger partial charge in [0.15, 0.2) is 0 Å². The summed E-state index contributed by atoms with van der Waals surface area (Å²) in [7, 11) is 0. The smallest absolute Gasteiger partial charge is 0.267 e. The van der Waals surface area contributed by atoms with E-state index in [0.29, 0.717) is 29.1 Å². The summed E-state index contributed by atoms with van der Waals surface area (Å²) in [4.78, 5) is 14.7. The molecule has 0 atom stereocenters. The van der Waals surface area contributed by atoms with E-state index in [1.165, 1.54) is 6.07 Å². The first-order chi connectivity index (χ1) is 10.1. The SMILES string of the molecule is CCc1nnsc1C(=O)N(CC)Cc1cc(Br)ccc1F. The van der Waals surface area contributed by atoms with Crippen LogP contribution >= 0.6 is 27.5 Å². The van der Waals surface area contributed by atoms with E-state index in [1.54, 1.807) is 17.0 Å². The molecule has 0 fully saturated rings. The summed E-state index contributed by atoms with van der Waals surface area (Å²) < 4.78 is 18.5. The lowest BCUT2D eigenvalue weighted by molar-refractivity contribution is 0.0754. The van der Waals surface area contributed by atoms with Crippen molar-refractivity contribution >= 4 is 33.4 Å². The zero-order valence-electron chi connectivity index (χ0n) is 11.8. The molecule has 0 spiro atoms. The van der Waals surface area contributed by atoms with E-state index in [0.717, 1.165) is 16.0 Å². The number of benzene rings is 1. The van der Waals surface area contributed by atoms with Gasteiger partial charge in [0.05, 0.1) is 5.69 Å². The highest BCUT2D eigenvalue weighted by atomic mass is 79.9. The largest absolute Gasteiger partial charge is 0.334 e. The molecule has 0 radical (unpaired) electrons. The van der Waals surface area contributed by atoms with Crippen molar-refractivity contribution in [3.63, 3.8) is 0 Å². The minimum atomic E-state index is -0.317. The van der Waals surface area contributed by atoms with E-state index < -0.39 is 0 Å². The van der Waals surface area contributed by atoms with E-state index in [4.69, 9.17) is 0 Å². The third-order valence-electron chi connectivity index (χ3n) is 3.12. The van der Waals surface area contributed by atoms with Crippen molar-refractivity contribution in [2.75, 3.05) is 6.54 Å². The molecule has 0 N–H and O–H groups in total. The zero-order valence-corrected chi connectivity index (χ0v) is 14.2. The molecule has 0 unspecified atom stereocenters. The molecule has 0 aliphatic heterocycles. The predicted octanol–water partition coefficient (Wildman–Crippen LogP) is 3.66. The fourth-order valence-corrected chi connectivity index (χ4v) is 3.07. The van der Waals surface area contributed by atoms with Crippen LogP contribution in [0.1, 0.15) is 34.8 Å². The number of halogens is 2. The quantitative estimate of drug-likeness (QED) is 0.805. The standard InChI is InChI=1S/C14H15BrFN3OS/c1-3-12-13(21-18-17-12)14(20)19(4-2)8-9-7-10(15)5-6-11(9)16/h5-7H,3-4,8H2,1-2H3. The minimum absolute atomic E-state index is 0.149. The van der Waals surface area contributed by atoms with Gasteiger partial charge in [-0.3, -0.25) is 4.79 Å². The van der Waals surface area contributed by atoms with Crippen LogP contribution < -0.4 is 0 Å². The average molecular weight is 372 g/mol. The van der Waals surface area contributed by atoms with Gasteiger partial charge in [0.2, 0.25) is 0 Å². The number of aromatic nitrogens is 2. The summed E-state index contributed by atoms with van der Waals surface area (Å²) in [6.45, 7) is 4.51. The number of carbonyl (C=O) groups is 1. The summed E-state index contributed by atoms with van der Waals surface area (Å²) in [5, 5.41) is 3.95. The van der Waals surface area contributed by atoms with Crippen molar-refractivity contribution in [3.05, 3.63) is 44.6 Å². The van der Waals surface area contributed by atoms with Crippen LogP contribution in [-0.4, -0.2) is 26.9 Å². The molecule has 4 nitrogen and oxygen atoms in total. The third kappa shape index (κ3) is 3.65. The number of carbonyl (C=O) groups excluding carboxylic acids is 1. The Morgan fingerprint density at radius 1 is 1.43 bits per heavy atom. The topological polar surface area (TPSA) is 46.1 Å². The first-order valence-corrected chi connectivity index (χ1v) is 8.17. The first kappa shape index (κ1) is 16.0. The zero-order chi connectivity index (χ0) is 15.4. The molecule has 1 amide bonds. The van der Waals surface area contributed by atoms with Crippen LogP contribution in [0.15, 0.2) is 22.7 Å². The average Bonchev–Trinajstić information content (AvgIpc) is 2.95. The molecular weight excluding hydrogens is 357 g/mol. The number of aryl methyl sites for hydroxylation is 1. The molecule has 7 heteroatoms. The summed E-state index contributed by atoms with van der Waals surface area (Å²) in [6.07, 6.45) is 0.653. The summed E-state index contributed by atoms with van der Waals surface area (Å²) >= 11 is 4.41. The highest BCUT2D eigenvalue weighted by molar-refractivity contribution is 9.10. The van der Waals surface area contributed by atoms with Gasteiger partial charge in [-0.05, 0) is 43.1 Å². The van der Waals surface area contributed by atoms with Crippen molar-refractivity contribution in [2.45, 2.75) is 26.8 Å². The molecule has 0 saturated carbocycles. The summed E-state index contributed by atoms with van der Waals surface area (Å²) in [6, 6.07) is 4.72. The molecule has 2 aromatic rings. The Kier molecular flexibility index (Phi) is 5.41. The van der Waals surface area contributed by atoms with E-state index in [-0.39, 0.29) is 18.3 Å². The molecule has 0 saturated heterocycles. The Labute approximate surface area is 135 Å². The van der Waals surface area contributed by atoms with Crippen LogP contribution in [0.5, 0.6) is 0 Å². The van der Waals surface area contributed by atoms with Gasteiger partial charge in [-0.15, -0.1) is 5.10 Å². The van der Waals surface area contributed by atoms with E-state index in [9.17, 15) is 9.18 Å². The highest BCUT2D eigenvalue weighted by Crippen LogP contribution is 2.20. The fourth-order valence-electron chi connectivity index (χ4n) is 1.94. The first-order valence-electron chi connectivity index (χ1n) is 6.61. The summed E-state index contributed by atoms with van der Waals surface area (Å²) in [5.74, 6) is -0.466. The van der Waals surface area contributed by atoms with Gasteiger partial charge in [0.25, 0.3) is 5.91 Å². The van der Waals surface area contributed by atoms with Gasteiger partial charge >= 0.3 is 0 Å². The minimum Gasteiger partial charge on any atom is -0.334 e. The van der Waals surface area contributed by atoms with Crippen molar-refractivity contribution in [1.82, 2.24) is 14.5 Å². The molecule has 0 aliphatic carbocycles. The van der Waals surface area contributed by atoms with E-state index in [2.05, 4.69) is 25.5 Å². The van der Waals surface area contributed by atoms with Gasteiger partial charge < -0.3 is 4.90 Å². The van der Waals surface area contributed by atoms with Gasteiger partial charge in [-0.2, -0.15) is 0 Å². The Balaban J connectivity index is 2.24. The van der Waals surface area contributed by atoms with Crippen LogP contribution in [0.3, 0.4) is 0 Å². The van der Waals surface area contributed by atoms with Gasteiger partial charge in [0, 0.05) is 23.1 Å². The van der Waals surface area contributed by atoms with Crippen LogP contribution in [-0.2, 0) is 13.0 Å². The lowest BCUT2D eigenvalue weighted by atomic mass is 10.2. The Morgan fingerprint density at radius 2 is 2.19 bits per heavy atom. The van der Waals surface area contributed by atoms with Crippen molar-refractivity contribution < 1.29 is 9.18 Å². The van der Waals surface area contributed by atoms with E-state index >= 15 is 0 Å². The number of amides is 1. The molecule has 21 heavy (non-hydrogen) atoms. The lowest BCUT2D eigenvalue weighted by Gasteiger charge is -2.20. The van der Waals surface area contributed by atoms with E-state index in [1.807, 2.05) is 13.8 Å².